The van der Waals surface area contributed by atoms with E-state index in [9.17, 15) is 4.79 Å². The van der Waals surface area contributed by atoms with E-state index in [1.165, 1.54) is 5.56 Å². The lowest BCUT2D eigenvalue weighted by Crippen LogP contribution is -2.28. The molecule has 0 saturated carbocycles. The average Bonchev–Trinajstić information content (AvgIpc) is 3.42. The van der Waals surface area contributed by atoms with Crippen molar-refractivity contribution in [1.29, 1.82) is 0 Å². The van der Waals surface area contributed by atoms with E-state index in [1.807, 2.05) is 53.4 Å². The van der Waals surface area contributed by atoms with Crippen molar-refractivity contribution in [3.63, 3.8) is 0 Å². The minimum absolute atomic E-state index is 0.100. The second-order valence-electron chi connectivity index (χ2n) is 7.83. The molecule has 5 aromatic rings. The Morgan fingerprint density at radius 1 is 0.933 bits per heavy atom. The average molecular weight is 410 g/mol. The molecular weight excluding hydrogens is 390 g/mol. The second-order valence-corrected chi connectivity index (χ2v) is 8.86. The Morgan fingerprint density at radius 2 is 1.70 bits per heavy atom. The molecular formula is C25H19N3OS. The Balaban J connectivity index is 1.36. The van der Waals surface area contributed by atoms with Gasteiger partial charge in [-0.3, -0.25) is 4.79 Å². The summed E-state index contributed by atoms with van der Waals surface area (Å²) in [6, 6.07) is 24.4. The van der Waals surface area contributed by atoms with Gasteiger partial charge < -0.3 is 4.90 Å². The van der Waals surface area contributed by atoms with Crippen molar-refractivity contribution >= 4 is 48.7 Å². The number of para-hydroxylation sites is 2. The SMILES string of the molecule is O=C(c1ccc2sc3nc4ccccc4nc3c2c1)N1CC[C@@H](c2ccccc2)C1. The molecule has 1 saturated heterocycles. The van der Waals surface area contributed by atoms with E-state index in [0.29, 0.717) is 5.92 Å². The lowest BCUT2D eigenvalue weighted by Gasteiger charge is -2.17. The molecule has 1 fully saturated rings. The first-order chi connectivity index (χ1) is 14.8. The van der Waals surface area contributed by atoms with Gasteiger partial charge in [0.05, 0.1) is 11.0 Å². The van der Waals surface area contributed by atoms with E-state index in [2.05, 4.69) is 24.3 Å². The molecule has 30 heavy (non-hydrogen) atoms. The summed E-state index contributed by atoms with van der Waals surface area (Å²) < 4.78 is 1.11. The van der Waals surface area contributed by atoms with Crippen LogP contribution in [0.2, 0.25) is 0 Å². The van der Waals surface area contributed by atoms with Crippen molar-refractivity contribution < 1.29 is 4.79 Å². The van der Waals surface area contributed by atoms with Gasteiger partial charge in [-0.25, -0.2) is 9.97 Å². The third-order valence-electron chi connectivity index (χ3n) is 5.97. The van der Waals surface area contributed by atoms with Crippen LogP contribution in [-0.2, 0) is 0 Å². The van der Waals surface area contributed by atoms with Crippen LogP contribution in [0, 0.1) is 0 Å². The molecule has 1 aliphatic rings. The molecule has 1 aliphatic heterocycles. The molecule has 4 nitrogen and oxygen atoms in total. The summed E-state index contributed by atoms with van der Waals surface area (Å²) in [7, 11) is 0. The molecule has 0 bridgehead atoms. The number of carbonyl (C=O) groups excluding carboxylic acids is 1. The molecule has 3 heterocycles. The number of hydrogen-bond acceptors (Lipinski definition) is 4. The minimum Gasteiger partial charge on any atom is -0.338 e. The van der Waals surface area contributed by atoms with Crippen molar-refractivity contribution in [2.45, 2.75) is 12.3 Å². The second kappa shape index (κ2) is 6.89. The number of likely N-dealkylation sites (tertiary alicyclic amines) is 1. The zero-order chi connectivity index (χ0) is 20.1. The highest BCUT2D eigenvalue weighted by Crippen LogP contribution is 2.34. The molecule has 0 aliphatic carbocycles. The standard InChI is InChI=1S/C25H19N3OS/c29-25(28-13-12-18(15-28)16-6-2-1-3-7-16)17-10-11-22-19(14-17)23-24(30-22)27-21-9-5-4-8-20(21)26-23/h1-11,14,18H,12-13,15H2/t18-/m1/s1. The van der Waals surface area contributed by atoms with E-state index in [1.54, 1.807) is 11.3 Å². The Labute approximate surface area is 177 Å². The van der Waals surface area contributed by atoms with E-state index in [0.717, 1.165) is 56.5 Å². The molecule has 5 heteroatoms. The maximum Gasteiger partial charge on any atom is 0.253 e. The van der Waals surface area contributed by atoms with Gasteiger partial charge in [-0.05, 0) is 42.3 Å². The number of benzene rings is 3. The van der Waals surface area contributed by atoms with Crippen LogP contribution in [0.15, 0.2) is 72.8 Å². The van der Waals surface area contributed by atoms with Crippen LogP contribution in [0.4, 0.5) is 0 Å². The van der Waals surface area contributed by atoms with Gasteiger partial charge in [0.15, 0.2) is 0 Å². The molecule has 0 radical (unpaired) electrons. The molecule has 6 rings (SSSR count). The normalized spacial score (nSPS) is 16.7. The first kappa shape index (κ1) is 17.5. The number of amides is 1. The molecule has 0 N–H and O–H groups in total. The maximum atomic E-state index is 13.2. The van der Waals surface area contributed by atoms with Crippen LogP contribution < -0.4 is 0 Å². The molecule has 3 aromatic carbocycles. The molecule has 146 valence electrons. The fourth-order valence-corrected chi connectivity index (χ4v) is 5.40. The monoisotopic (exact) mass is 409 g/mol. The zero-order valence-electron chi connectivity index (χ0n) is 16.3. The molecule has 0 unspecified atom stereocenters. The Hall–Kier alpha value is -3.31. The summed E-state index contributed by atoms with van der Waals surface area (Å²) in [5.74, 6) is 0.515. The summed E-state index contributed by atoms with van der Waals surface area (Å²) >= 11 is 1.63. The maximum absolute atomic E-state index is 13.2. The van der Waals surface area contributed by atoms with Gasteiger partial charge in [0.2, 0.25) is 0 Å². The summed E-state index contributed by atoms with van der Waals surface area (Å²) in [4.78, 5) is 25.7. The topological polar surface area (TPSA) is 46.1 Å². The van der Waals surface area contributed by atoms with Gasteiger partial charge in [0.25, 0.3) is 5.91 Å². The van der Waals surface area contributed by atoms with E-state index in [4.69, 9.17) is 9.97 Å². The largest absolute Gasteiger partial charge is 0.338 e. The van der Waals surface area contributed by atoms with Gasteiger partial charge in [0, 0.05) is 34.7 Å². The summed E-state index contributed by atoms with van der Waals surface area (Å²) in [6.07, 6.45) is 1.01. The van der Waals surface area contributed by atoms with Gasteiger partial charge >= 0.3 is 0 Å². The van der Waals surface area contributed by atoms with Crippen LogP contribution in [-0.4, -0.2) is 33.9 Å². The zero-order valence-corrected chi connectivity index (χ0v) is 17.1. The first-order valence-corrected chi connectivity index (χ1v) is 11.0. The number of aromatic nitrogens is 2. The summed E-state index contributed by atoms with van der Waals surface area (Å²) in [6.45, 7) is 1.57. The predicted octanol–water partition coefficient (Wildman–Crippen LogP) is 5.63. The number of nitrogens with zero attached hydrogens (tertiary/aromatic N) is 3. The van der Waals surface area contributed by atoms with Gasteiger partial charge in [-0.15, -0.1) is 11.3 Å². The smallest absolute Gasteiger partial charge is 0.253 e. The number of carbonyl (C=O) groups is 1. The summed E-state index contributed by atoms with van der Waals surface area (Å²) in [5.41, 5.74) is 4.70. The fraction of sp³-hybridized carbons (Fsp3) is 0.160. The van der Waals surface area contributed by atoms with E-state index >= 15 is 0 Å². The highest BCUT2D eigenvalue weighted by Gasteiger charge is 2.28. The Morgan fingerprint density at radius 3 is 2.53 bits per heavy atom. The van der Waals surface area contributed by atoms with Crippen molar-refractivity contribution in [1.82, 2.24) is 14.9 Å². The van der Waals surface area contributed by atoms with Crippen LogP contribution in [0.3, 0.4) is 0 Å². The number of hydrogen-bond donors (Lipinski definition) is 0. The van der Waals surface area contributed by atoms with Crippen molar-refractivity contribution in [3.8, 4) is 0 Å². The van der Waals surface area contributed by atoms with Crippen LogP contribution >= 0.6 is 11.3 Å². The van der Waals surface area contributed by atoms with Crippen molar-refractivity contribution in [2.75, 3.05) is 13.1 Å². The quantitative estimate of drug-likeness (QED) is 0.380. The molecule has 0 spiro atoms. The third kappa shape index (κ3) is 2.85. The number of thiophene rings is 1. The number of rotatable bonds is 2. The van der Waals surface area contributed by atoms with E-state index < -0.39 is 0 Å². The highest BCUT2D eigenvalue weighted by molar-refractivity contribution is 7.25. The van der Waals surface area contributed by atoms with Crippen LogP contribution in [0.1, 0.15) is 28.3 Å². The predicted molar refractivity (Wildman–Crippen MR) is 122 cm³/mol. The van der Waals surface area contributed by atoms with Gasteiger partial charge in [0.1, 0.15) is 10.3 Å². The Kier molecular flexibility index (Phi) is 4.03. The minimum atomic E-state index is 0.100. The molecule has 1 amide bonds. The highest BCUT2D eigenvalue weighted by atomic mass is 32.1. The Bertz CT molecular complexity index is 1410. The van der Waals surface area contributed by atoms with Crippen LogP contribution in [0.25, 0.3) is 31.5 Å². The van der Waals surface area contributed by atoms with Gasteiger partial charge in [-0.1, -0.05) is 42.5 Å². The van der Waals surface area contributed by atoms with E-state index in [-0.39, 0.29) is 5.91 Å². The molecule has 2 aromatic heterocycles. The first-order valence-electron chi connectivity index (χ1n) is 10.2. The number of fused-ring (bicyclic) bond motifs is 4. The fourth-order valence-electron chi connectivity index (χ4n) is 4.40. The molecule has 1 atom stereocenters. The third-order valence-corrected chi connectivity index (χ3v) is 7.03. The lowest BCUT2D eigenvalue weighted by molar-refractivity contribution is 0.0791. The van der Waals surface area contributed by atoms with Crippen LogP contribution in [0.5, 0.6) is 0 Å². The van der Waals surface area contributed by atoms with Crippen molar-refractivity contribution in [2.24, 2.45) is 0 Å². The van der Waals surface area contributed by atoms with Crippen molar-refractivity contribution in [3.05, 3.63) is 83.9 Å². The lowest BCUT2D eigenvalue weighted by atomic mass is 9.99. The summed E-state index contributed by atoms with van der Waals surface area (Å²) in [5, 5.41) is 1.01. The van der Waals surface area contributed by atoms with Gasteiger partial charge in [-0.2, -0.15) is 0 Å².